The molecule has 3 heteroatoms. The second-order valence-corrected chi connectivity index (χ2v) is 4.22. The van der Waals surface area contributed by atoms with Gasteiger partial charge in [-0.1, -0.05) is 12.1 Å². The molecule has 88 valence electrons. The number of anilines is 1. The number of aliphatic hydroxyl groups excluding tert-OH is 1. The summed E-state index contributed by atoms with van der Waals surface area (Å²) in [5, 5.41) is 8.90. The summed E-state index contributed by atoms with van der Waals surface area (Å²) in [6.07, 6.45) is 6.39. The lowest BCUT2D eigenvalue weighted by molar-refractivity contribution is -0.117. The van der Waals surface area contributed by atoms with E-state index in [1.54, 1.807) is 4.90 Å². The molecule has 0 aromatic heterocycles. The summed E-state index contributed by atoms with van der Waals surface area (Å²) in [6, 6.07) is 7.68. The van der Waals surface area contributed by atoms with E-state index in [2.05, 4.69) is 5.92 Å². The van der Waals surface area contributed by atoms with Crippen LogP contribution in [0.3, 0.4) is 0 Å². The number of hydrogen-bond donors (Lipinski definition) is 1. The van der Waals surface area contributed by atoms with Crippen LogP contribution in [0, 0.1) is 18.3 Å². The van der Waals surface area contributed by atoms with Gasteiger partial charge >= 0.3 is 0 Å². The molecule has 0 radical (unpaired) electrons. The van der Waals surface area contributed by atoms with Crippen molar-refractivity contribution < 1.29 is 9.90 Å². The molecule has 1 aliphatic heterocycles. The first-order chi connectivity index (χ1) is 8.24. The number of carbonyl (C=O) groups excluding carboxylic acids is 1. The molecule has 1 aliphatic rings. The number of amides is 1. The van der Waals surface area contributed by atoms with Crippen LogP contribution >= 0.6 is 0 Å². The fraction of sp³-hybridized carbons (Fsp3) is 0.357. The summed E-state index contributed by atoms with van der Waals surface area (Å²) in [7, 11) is 0. The molecule has 1 unspecified atom stereocenters. The average Bonchev–Trinajstić information content (AvgIpc) is 2.71. The van der Waals surface area contributed by atoms with Crippen molar-refractivity contribution in [3.63, 3.8) is 0 Å². The Kier molecular flexibility index (Phi) is 3.46. The van der Waals surface area contributed by atoms with Crippen molar-refractivity contribution in [2.45, 2.75) is 12.8 Å². The number of terminal acetylenes is 1. The Labute approximate surface area is 101 Å². The highest BCUT2D eigenvalue weighted by Crippen LogP contribution is 2.25. The van der Waals surface area contributed by atoms with Gasteiger partial charge in [0.05, 0.1) is 0 Å². The lowest BCUT2D eigenvalue weighted by Crippen LogP contribution is -2.24. The fourth-order valence-electron chi connectivity index (χ4n) is 2.08. The van der Waals surface area contributed by atoms with Crippen LogP contribution in [-0.2, 0) is 11.2 Å². The van der Waals surface area contributed by atoms with Gasteiger partial charge in [-0.25, -0.2) is 0 Å². The smallest absolute Gasteiger partial charge is 0.228 e. The molecule has 0 bridgehead atoms. The normalized spacial score (nSPS) is 19.4. The zero-order valence-electron chi connectivity index (χ0n) is 9.60. The summed E-state index contributed by atoms with van der Waals surface area (Å²) in [5.41, 5.74) is 1.90. The highest BCUT2D eigenvalue weighted by molar-refractivity contribution is 5.96. The first kappa shape index (κ1) is 11.7. The van der Waals surface area contributed by atoms with Gasteiger partial charge in [-0.05, 0) is 24.1 Å². The first-order valence-electron chi connectivity index (χ1n) is 5.71. The molecule has 1 aromatic carbocycles. The first-order valence-corrected chi connectivity index (χ1v) is 5.71. The van der Waals surface area contributed by atoms with Crippen molar-refractivity contribution in [2.75, 3.05) is 18.1 Å². The maximum atomic E-state index is 11.8. The number of benzene rings is 1. The summed E-state index contributed by atoms with van der Waals surface area (Å²) < 4.78 is 0. The Hall–Kier alpha value is -1.79. The predicted molar refractivity (Wildman–Crippen MR) is 66.5 cm³/mol. The van der Waals surface area contributed by atoms with Crippen LogP contribution in [0.5, 0.6) is 0 Å². The highest BCUT2D eigenvalue weighted by Gasteiger charge is 2.29. The van der Waals surface area contributed by atoms with Crippen LogP contribution in [0.25, 0.3) is 0 Å². The second kappa shape index (κ2) is 5.03. The van der Waals surface area contributed by atoms with Crippen LogP contribution in [0.4, 0.5) is 5.69 Å². The van der Waals surface area contributed by atoms with Gasteiger partial charge in [-0.15, -0.1) is 12.3 Å². The Balaban J connectivity index is 2.20. The highest BCUT2D eigenvalue weighted by atomic mass is 16.3. The molecule has 1 atom stereocenters. The molecule has 1 N–H and O–H groups in total. The minimum absolute atomic E-state index is 0.0176. The van der Waals surface area contributed by atoms with Crippen LogP contribution in [0.1, 0.15) is 12.0 Å². The number of carbonyl (C=O) groups is 1. The van der Waals surface area contributed by atoms with Crippen LogP contribution in [0.2, 0.25) is 0 Å². The maximum absolute atomic E-state index is 11.8. The van der Waals surface area contributed by atoms with E-state index in [0.717, 1.165) is 11.3 Å². The monoisotopic (exact) mass is 229 g/mol. The lowest BCUT2D eigenvalue weighted by Gasteiger charge is -2.16. The van der Waals surface area contributed by atoms with Crippen LogP contribution in [0.15, 0.2) is 24.3 Å². The van der Waals surface area contributed by atoms with E-state index in [4.69, 9.17) is 11.5 Å². The Bertz CT molecular complexity index is 462. The summed E-state index contributed by atoms with van der Waals surface area (Å²) in [5.74, 6) is 2.73. The molecule has 17 heavy (non-hydrogen) atoms. The zero-order chi connectivity index (χ0) is 12.3. The Morgan fingerprint density at radius 1 is 1.53 bits per heavy atom. The van der Waals surface area contributed by atoms with Gasteiger partial charge in [0, 0.05) is 31.2 Å². The summed E-state index contributed by atoms with van der Waals surface area (Å²) in [6.45, 7) is 0.711. The third kappa shape index (κ3) is 2.48. The standard InChI is InChI=1S/C14H15NO2/c1-2-11-9-14(17)15(10-11)13-5-3-4-12(8-13)6-7-16/h1,3-5,8,11,16H,6-7,9-10H2. The molecule has 1 heterocycles. The van der Waals surface area contributed by atoms with E-state index in [1.165, 1.54) is 0 Å². The van der Waals surface area contributed by atoms with Gasteiger partial charge in [-0.3, -0.25) is 4.79 Å². The molecular weight excluding hydrogens is 214 g/mol. The van der Waals surface area contributed by atoms with E-state index in [1.807, 2.05) is 24.3 Å². The average molecular weight is 229 g/mol. The third-order valence-electron chi connectivity index (χ3n) is 2.98. The Morgan fingerprint density at radius 2 is 2.35 bits per heavy atom. The van der Waals surface area contributed by atoms with Gasteiger partial charge < -0.3 is 10.0 Å². The van der Waals surface area contributed by atoms with E-state index < -0.39 is 0 Å². The van der Waals surface area contributed by atoms with E-state index >= 15 is 0 Å². The lowest BCUT2D eigenvalue weighted by atomic mass is 10.1. The van der Waals surface area contributed by atoms with Crippen molar-refractivity contribution in [3.05, 3.63) is 29.8 Å². The van der Waals surface area contributed by atoms with Crippen molar-refractivity contribution in [1.82, 2.24) is 0 Å². The Morgan fingerprint density at radius 3 is 3.00 bits per heavy atom. The molecule has 0 aliphatic carbocycles. The van der Waals surface area contributed by atoms with Crippen molar-refractivity contribution in [3.8, 4) is 12.3 Å². The van der Waals surface area contributed by atoms with Crippen molar-refractivity contribution in [1.29, 1.82) is 0 Å². The predicted octanol–water partition coefficient (Wildman–Crippen LogP) is 1.21. The molecule has 2 rings (SSSR count). The van der Waals surface area contributed by atoms with Gasteiger partial charge in [0.25, 0.3) is 0 Å². The number of aliphatic hydroxyl groups is 1. The van der Waals surface area contributed by atoms with Gasteiger partial charge in [0.2, 0.25) is 5.91 Å². The van der Waals surface area contributed by atoms with Gasteiger partial charge in [0.1, 0.15) is 0 Å². The molecule has 1 saturated heterocycles. The molecule has 1 fully saturated rings. The van der Waals surface area contributed by atoms with Gasteiger partial charge in [0.15, 0.2) is 0 Å². The molecular formula is C14H15NO2. The molecule has 0 spiro atoms. The third-order valence-corrected chi connectivity index (χ3v) is 2.98. The van der Waals surface area contributed by atoms with E-state index in [0.29, 0.717) is 19.4 Å². The quantitative estimate of drug-likeness (QED) is 0.791. The molecule has 1 aromatic rings. The molecule has 1 amide bonds. The number of hydrogen-bond acceptors (Lipinski definition) is 2. The van der Waals surface area contributed by atoms with E-state index in [9.17, 15) is 4.79 Å². The molecule has 3 nitrogen and oxygen atoms in total. The van der Waals surface area contributed by atoms with Gasteiger partial charge in [-0.2, -0.15) is 0 Å². The van der Waals surface area contributed by atoms with Crippen LogP contribution in [-0.4, -0.2) is 24.2 Å². The largest absolute Gasteiger partial charge is 0.396 e. The minimum Gasteiger partial charge on any atom is -0.396 e. The summed E-state index contributed by atoms with van der Waals surface area (Å²) in [4.78, 5) is 13.5. The zero-order valence-corrected chi connectivity index (χ0v) is 9.60. The minimum atomic E-state index is 0.0176. The maximum Gasteiger partial charge on any atom is 0.228 e. The number of rotatable bonds is 3. The van der Waals surface area contributed by atoms with Crippen LogP contribution < -0.4 is 4.90 Å². The second-order valence-electron chi connectivity index (χ2n) is 4.22. The van der Waals surface area contributed by atoms with Crippen molar-refractivity contribution in [2.24, 2.45) is 5.92 Å². The van der Waals surface area contributed by atoms with Crippen molar-refractivity contribution >= 4 is 11.6 Å². The SMILES string of the molecule is C#CC1CC(=O)N(c2cccc(CCO)c2)C1. The number of nitrogens with zero attached hydrogens (tertiary/aromatic N) is 1. The molecule has 0 saturated carbocycles. The fourth-order valence-corrected chi connectivity index (χ4v) is 2.08. The summed E-state index contributed by atoms with van der Waals surface area (Å²) >= 11 is 0. The van der Waals surface area contributed by atoms with E-state index in [-0.39, 0.29) is 18.4 Å². The topological polar surface area (TPSA) is 40.5 Å².